The number of aliphatic hydroxyl groups is 8. The molecule has 5 unspecified atom stereocenters. The third-order valence-electron chi connectivity index (χ3n) is 7.99. The van der Waals surface area contributed by atoms with Crippen LogP contribution in [0.25, 0.3) is 22.3 Å². The first-order valence-corrected chi connectivity index (χ1v) is 13.4. The molecule has 11 N–H and O–H groups in total. The molecule has 240 valence electrons. The summed E-state index contributed by atoms with van der Waals surface area (Å²) in [5.74, 6) is -2.51. The zero-order valence-electron chi connectivity index (χ0n) is 23.0. The number of phenolic OH excluding ortho intramolecular Hbond substituents is 3. The van der Waals surface area contributed by atoms with E-state index in [4.69, 9.17) is 18.6 Å². The summed E-state index contributed by atoms with van der Waals surface area (Å²) >= 11 is 0. The first-order valence-electron chi connectivity index (χ1n) is 13.4. The van der Waals surface area contributed by atoms with Crippen molar-refractivity contribution >= 4 is 11.0 Å². The number of ether oxygens (including phenoxy) is 3. The van der Waals surface area contributed by atoms with Gasteiger partial charge in [-0.25, -0.2) is 0 Å². The van der Waals surface area contributed by atoms with Crippen LogP contribution < -0.4 is 10.2 Å². The number of methoxy groups -OCH3 is 1. The van der Waals surface area contributed by atoms with Crippen LogP contribution in [-0.2, 0) is 9.47 Å². The zero-order chi connectivity index (χ0) is 32.2. The van der Waals surface area contributed by atoms with E-state index in [-0.39, 0.29) is 11.3 Å². The molecule has 5 rings (SSSR count). The second kappa shape index (κ2) is 12.1. The van der Waals surface area contributed by atoms with Gasteiger partial charge >= 0.3 is 0 Å². The van der Waals surface area contributed by atoms with Crippen molar-refractivity contribution in [2.75, 3.05) is 20.3 Å². The molecular weight excluding hydrogens is 592 g/mol. The van der Waals surface area contributed by atoms with Gasteiger partial charge in [-0.05, 0) is 18.2 Å². The van der Waals surface area contributed by atoms with Gasteiger partial charge in [-0.2, -0.15) is 0 Å². The Morgan fingerprint density at radius 2 is 1.25 bits per heavy atom. The van der Waals surface area contributed by atoms with E-state index in [1.54, 1.807) is 0 Å². The maximum Gasteiger partial charge on any atom is 0.203 e. The van der Waals surface area contributed by atoms with Gasteiger partial charge in [0.2, 0.25) is 5.43 Å². The highest BCUT2D eigenvalue weighted by molar-refractivity contribution is 5.91. The number of hydrogen-bond acceptors (Lipinski definition) is 16. The van der Waals surface area contributed by atoms with Crippen LogP contribution in [0.4, 0.5) is 0 Å². The minimum atomic E-state index is -1.98. The summed E-state index contributed by atoms with van der Waals surface area (Å²) in [7, 11) is 1.28. The summed E-state index contributed by atoms with van der Waals surface area (Å²) in [5, 5.41) is 114. The first kappa shape index (κ1) is 31.9. The highest BCUT2D eigenvalue weighted by atomic mass is 16.6. The number of rotatable bonds is 6. The van der Waals surface area contributed by atoms with Gasteiger partial charge in [0.15, 0.2) is 17.1 Å². The van der Waals surface area contributed by atoms with Gasteiger partial charge in [-0.15, -0.1) is 0 Å². The van der Waals surface area contributed by atoms with Crippen LogP contribution in [0.2, 0.25) is 0 Å². The van der Waals surface area contributed by atoms with Crippen molar-refractivity contribution in [1.82, 2.24) is 0 Å². The summed E-state index contributed by atoms with van der Waals surface area (Å²) in [6, 6.07) is 4.44. The average molecular weight is 625 g/mol. The van der Waals surface area contributed by atoms with Gasteiger partial charge in [0.1, 0.15) is 83.7 Å². The predicted molar refractivity (Wildman–Crippen MR) is 145 cm³/mol. The molecule has 0 radical (unpaired) electrons. The molecule has 3 aromatic rings. The topological polar surface area (TPSA) is 280 Å². The summed E-state index contributed by atoms with van der Waals surface area (Å²) in [6.07, 6.45) is -17.7. The summed E-state index contributed by atoms with van der Waals surface area (Å²) < 4.78 is 22.3. The lowest BCUT2D eigenvalue weighted by Crippen LogP contribution is -2.56. The van der Waals surface area contributed by atoms with E-state index in [9.17, 15) is 61.0 Å². The number of aromatic hydroxyl groups is 3. The maximum atomic E-state index is 14.2. The Bertz CT molecular complexity index is 1580. The Morgan fingerprint density at radius 1 is 0.705 bits per heavy atom. The molecule has 2 fully saturated rings. The van der Waals surface area contributed by atoms with Gasteiger partial charge in [0, 0.05) is 11.6 Å². The minimum Gasteiger partial charge on any atom is -0.507 e. The lowest BCUT2D eigenvalue weighted by Gasteiger charge is -2.41. The van der Waals surface area contributed by atoms with Gasteiger partial charge in [0.05, 0.1) is 31.5 Å². The maximum absolute atomic E-state index is 14.2. The van der Waals surface area contributed by atoms with E-state index in [0.29, 0.717) is 6.07 Å². The van der Waals surface area contributed by atoms with E-state index in [1.807, 2.05) is 0 Å². The number of fused-ring (bicyclic) bond motifs is 1. The number of phenols is 3. The Labute approximate surface area is 247 Å². The Kier molecular flexibility index (Phi) is 8.76. The minimum absolute atomic E-state index is 0.0172. The van der Waals surface area contributed by atoms with E-state index >= 15 is 0 Å². The van der Waals surface area contributed by atoms with Crippen LogP contribution in [0.5, 0.6) is 23.0 Å². The lowest BCUT2D eigenvalue weighted by molar-refractivity contribution is -0.232. The summed E-state index contributed by atoms with van der Waals surface area (Å²) in [4.78, 5) is 14.2. The molecule has 10 atom stereocenters. The first-order chi connectivity index (χ1) is 20.9. The molecule has 16 heteroatoms. The Hall–Kier alpha value is -3.55. The van der Waals surface area contributed by atoms with Crippen LogP contribution >= 0.6 is 0 Å². The third-order valence-corrected chi connectivity index (χ3v) is 7.99. The normalized spacial score (nSPS) is 32.6. The average Bonchev–Trinajstić information content (AvgIpc) is 2.99. The SMILES string of the molecule is COc1ccc(-c2oc3c([C@@H]4OC(CO)[C@@H](O)[C@H](O)C4O)c(O)cc(O)c3c(=O)c2[C@@H]2OC(CO)[C@@H](O)C(O)C2O)cc1O. The smallest absolute Gasteiger partial charge is 0.203 e. The monoisotopic (exact) mass is 624 g/mol. The predicted octanol–water partition coefficient (Wildman–Crippen LogP) is -2.38. The molecule has 2 aromatic carbocycles. The Morgan fingerprint density at radius 3 is 1.75 bits per heavy atom. The van der Waals surface area contributed by atoms with E-state index < -0.39 is 125 Å². The zero-order valence-corrected chi connectivity index (χ0v) is 23.0. The number of aliphatic hydroxyl groups excluding tert-OH is 8. The molecule has 0 saturated carbocycles. The van der Waals surface area contributed by atoms with Crippen molar-refractivity contribution in [2.45, 2.75) is 61.0 Å². The largest absolute Gasteiger partial charge is 0.507 e. The third kappa shape index (κ3) is 5.04. The fraction of sp³-hybridized carbons (Fsp3) is 0.464. The van der Waals surface area contributed by atoms with Crippen molar-refractivity contribution < 1.29 is 74.8 Å². The molecule has 2 aliphatic rings. The van der Waals surface area contributed by atoms with Crippen LogP contribution in [0.1, 0.15) is 23.3 Å². The number of hydrogen-bond donors (Lipinski definition) is 11. The second-order valence-electron chi connectivity index (χ2n) is 10.6. The molecule has 0 bridgehead atoms. The molecule has 2 aliphatic heterocycles. The highest BCUT2D eigenvalue weighted by Crippen LogP contribution is 2.46. The van der Waals surface area contributed by atoms with Gasteiger partial charge in [-0.1, -0.05) is 0 Å². The highest BCUT2D eigenvalue weighted by Gasteiger charge is 2.48. The fourth-order valence-corrected chi connectivity index (χ4v) is 5.63. The van der Waals surface area contributed by atoms with Crippen LogP contribution in [0, 0.1) is 0 Å². The molecule has 2 saturated heterocycles. The number of benzene rings is 2. The van der Waals surface area contributed by atoms with Crippen molar-refractivity contribution in [2.24, 2.45) is 0 Å². The van der Waals surface area contributed by atoms with Crippen molar-refractivity contribution in [1.29, 1.82) is 0 Å². The molecule has 0 amide bonds. The van der Waals surface area contributed by atoms with Gasteiger partial charge in [-0.3, -0.25) is 4.79 Å². The molecule has 44 heavy (non-hydrogen) atoms. The van der Waals surface area contributed by atoms with E-state index in [0.717, 1.165) is 6.07 Å². The summed E-state index contributed by atoms with van der Waals surface area (Å²) in [5.41, 5.74) is -2.79. The Balaban J connectivity index is 1.84. The quantitative estimate of drug-likeness (QED) is 0.136. The molecule has 0 spiro atoms. The van der Waals surface area contributed by atoms with Crippen molar-refractivity contribution in [3.8, 4) is 34.3 Å². The van der Waals surface area contributed by atoms with Gasteiger partial charge in [0.25, 0.3) is 0 Å². The van der Waals surface area contributed by atoms with Crippen LogP contribution in [0.15, 0.2) is 33.5 Å². The lowest BCUT2D eigenvalue weighted by atomic mass is 9.87. The second-order valence-corrected chi connectivity index (χ2v) is 10.6. The molecule has 1 aromatic heterocycles. The van der Waals surface area contributed by atoms with E-state index in [1.165, 1.54) is 19.2 Å². The van der Waals surface area contributed by atoms with Crippen molar-refractivity contribution in [3.05, 3.63) is 45.6 Å². The van der Waals surface area contributed by atoms with Crippen LogP contribution in [0.3, 0.4) is 0 Å². The molecular formula is C28H32O16. The van der Waals surface area contributed by atoms with Gasteiger partial charge < -0.3 is 74.8 Å². The van der Waals surface area contributed by atoms with E-state index in [2.05, 4.69) is 0 Å². The molecule has 0 aliphatic carbocycles. The molecule has 16 nitrogen and oxygen atoms in total. The fourth-order valence-electron chi connectivity index (χ4n) is 5.63. The summed E-state index contributed by atoms with van der Waals surface area (Å²) in [6.45, 7) is -1.65. The van der Waals surface area contributed by atoms with Crippen molar-refractivity contribution in [3.63, 3.8) is 0 Å². The standard InChI is InChI=1S/C28H32O16/c1-41-12-3-2-8(4-9(12)31)25-17(28-24(40)22(38)19(35)14(7-30)43-28)20(36)15-10(32)5-11(33)16(26(15)44-25)27-23(39)21(37)18(34)13(6-29)42-27/h2-5,13-14,18-19,21-24,27-35,37-40H,6-7H2,1H3/t13?,14?,18-,19-,21+,22?,23?,24?,27+,28+/m1/s1. The van der Waals surface area contributed by atoms with Crippen LogP contribution in [-0.4, -0.2) is 125 Å². The molecule has 3 heterocycles.